The minimum absolute atomic E-state index is 0.00779. The molecule has 1 amide bonds. The Kier molecular flexibility index (Phi) is 4.06. The van der Waals surface area contributed by atoms with Crippen LogP contribution in [0.25, 0.3) is 0 Å². The van der Waals surface area contributed by atoms with Crippen molar-refractivity contribution in [2.24, 2.45) is 0 Å². The zero-order valence-electron chi connectivity index (χ0n) is 10.2. The zero-order chi connectivity index (χ0) is 12.8. The molecule has 2 aromatic rings. The number of imidazole rings is 1. The lowest BCUT2D eigenvalue weighted by Crippen LogP contribution is -2.31. The predicted molar refractivity (Wildman–Crippen MR) is 64.6 cm³/mol. The molecule has 7 nitrogen and oxygen atoms in total. The molecule has 96 valence electrons. The maximum Gasteiger partial charge on any atom is 0.242 e. The summed E-state index contributed by atoms with van der Waals surface area (Å²) < 4.78 is 3.51. The molecule has 7 heteroatoms. The van der Waals surface area contributed by atoms with E-state index >= 15 is 0 Å². The second-order valence-corrected chi connectivity index (χ2v) is 4.00. The van der Waals surface area contributed by atoms with Gasteiger partial charge in [-0.05, 0) is 13.3 Å². The van der Waals surface area contributed by atoms with Crippen LogP contribution in [0.5, 0.6) is 0 Å². The van der Waals surface area contributed by atoms with Crippen molar-refractivity contribution in [1.82, 2.24) is 29.9 Å². The molecule has 0 saturated heterocycles. The number of nitrogens with one attached hydrogen (secondary N) is 1. The van der Waals surface area contributed by atoms with Gasteiger partial charge in [0.05, 0.1) is 12.5 Å². The van der Waals surface area contributed by atoms with Gasteiger partial charge < -0.3 is 9.88 Å². The highest BCUT2D eigenvalue weighted by molar-refractivity contribution is 5.79. The van der Waals surface area contributed by atoms with Gasteiger partial charge in [0, 0.05) is 31.7 Å². The highest BCUT2D eigenvalue weighted by Gasteiger charge is 2.12. The Labute approximate surface area is 105 Å². The normalized spacial score (nSPS) is 12.3. The first-order chi connectivity index (χ1) is 8.77. The summed E-state index contributed by atoms with van der Waals surface area (Å²) in [5.74, 6) is -0.00779. The summed E-state index contributed by atoms with van der Waals surface area (Å²) in [5.41, 5.74) is 0. The summed E-state index contributed by atoms with van der Waals surface area (Å²) in [4.78, 5) is 15.7. The number of aryl methyl sites for hydroxylation is 1. The molecule has 0 aliphatic rings. The van der Waals surface area contributed by atoms with Crippen LogP contribution in [0.1, 0.15) is 19.4 Å². The molecule has 0 spiro atoms. The van der Waals surface area contributed by atoms with Gasteiger partial charge in [-0.2, -0.15) is 0 Å². The van der Waals surface area contributed by atoms with E-state index in [0.717, 1.165) is 13.0 Å². The third-order valence-electron chi connectivity index (χ3n) is 2.69. The quantitative estimate of drug-likeness (QED) is 0.743. The van der Waals surface area contributed by atoms with E-state index in [9.17, 15) is 4.79 Å². The Bertz CT molecular complexity index is 464. The van der Waals surface area contributed by atoms with Crippen molar-refractivity contribution in [1.29, 1.82) is 0 Å². The summed E-state index contributed by atoms with van der Waals surface area (Å²) in [6.07, 6.45) is 9.34. The molecule has 2 rings (SSSR count). The standard InChI is InChI=1S/C11H16N6O/c1-10(16-7-4-12-9-16)11(18)13-3-2-6-17-8-5-14-15-17/h4-5,7-10H,2-3,6H2,1H3,(H,13,18)/t10-/m0/s1. The number of aromatic nitrogens is 5. The third-order valence-corrected chi connectivity index (χ3v) is 2.69. The van der Waals surface area contributed by atoms with Crippen molar-refractivity contribution < 1.29 is 4.79 Å². The van der Waals surface area contributed by atoms with E-state index in [1.165, 1.54) is 0 Å². The number of hydrogen-bond donors (Lipinski definition) is 1. The van der Waals surface area contributed by atoms with Gasteiger partial charge in [-0.25, -0.2) is 4.98 Å². The summed E-state index contributed by atoms with van der Waals surface area (Å²) in [7, 11) is 0. The van der Waals surface area contributed by atoms with Gasteiger partial charge >= 0.3 is 0 Å². The van der Waals surface area contributed by atoms with Crippen LogP contribution in [0.3, 0.4) is 0 Å². The van der Waals surface area contributed by atoms with Crippen LogP contribution in [0.4, 0.5) is 0 Å². The number of hydrogen-bond acceptors (Lipinski definition) is 4. The molecule has 2 aromatic heterocycles. The topological polar surface area (TPSA) is 77.6 Å². The van der Waals surface area contributed by atoms with Crippen molar-refractivity contribution in [3.05, 3.63) is 31.1 Å². The van der Waals surface area contributed by atoms with Crippen molar-refractivity contribution in [2.45, 2.75) is 25.9 Å². The molecule has 0 bridgehead atoms. The fourth-order valence-electron chi connectivity index (χ4n) is 1.59. The SMILES string of the molecule is C[C@@H](C(=O)NCCCn1ccnn1)n1ccnc1. The first-order valence-corrected chi connectivity index (χ1v) is 5.86. The van der Waals surface area contributed by atoms with Gasteiger partial charge in [-0.1, -0.05) is 5.21 Å². The molecule has 0 unspecified atom stereocenters. The van der Waals surface area contributed by atoms with Crippen LogP contribution in [0.15, 0.2) is 31.1 Å². The monoisotopic (exact) mass is 248 g/mol. The fourth-order valence-corrected chi connectivity index (χ4v) is 1.59. The van der Waals surface area contributed by atoms with Crippen LogP contribution < -0.4 is 5.32 Å². The van der Waals surface area contributed by atoms with Gasteiger partial charge in [0.1, 0.15) is 6.04 Å². The van der Waals surface area contributed by atoms with Gasteiger partial charge in [0.25, 0.3) is 0 Å². The number of carbonyl (C=O) groups excluding carboxylic acids is 1. The Balaban J connectivity index is 1.69. The number of rotatable bonds is 6. The van der Waals surface area contributed by atoms with Crippen LogP contribution in [-0.4, -0.2) is 37.0 Å². The first kappa shape index (κ1) is 12.3. The van der Waals surface area contributed by atoms with Crippen molar-refractivity contribution in [3.8, 4) is 0 Å². The largest absolute Gasteiger partial charge is 0.354 e. The molecule has 0 saturated carbocycles. The number of carbonyl (C=O) groups is 1. The maximum atomic E-state index is 11.8. The summed E-state index contributed by atoms with van der Waals surface area (Å²) in [5, 5.41) is 10.4. The van der Waals surface area contributed by atoms with Gasteiger partial charge in [0.2, 0.25) is 5.91 Å². The van der Waals surface area contributed by atoms with Gasteiger partial charge in [-0.15, -0.1) is 5.10 Å². The average Bonchev–Trinajstić information content (AvgIpc) is 3.05. The maximum absolute atomic E-state index is 11.8. The highest BCUT2D eigenvalue weighted by atomic mass is 16.2. The second-order valence-electron chi connectivity index (χ2n) is 4.00. The van der Waals surface area contributed by atoms with E-state index in [1.807, 2.05) is 6.92 Å². The molecule has 0 radical (unpaired) electrons. The lowest BCUT2D eigenvalue weighted by Gasteiger charge is -2.13. The van der Waals surface area contributed by atoms with Crippen LogP contribution in [0, 0.1) is 0 Å². The minimum Gasteiger partial charge on any atom is -0.354 e. The minimum atomic E-state index is -0.237. The van der Waals surface area contributed by atoms with E-state index in [-0.39, 0.29) is 11.9 Å². The van der Waals surface area contributed by atoms with Crippen LogP contribution in [-0.2, 0) is 11.3 Å². The molecule has 0 aliphatic heterocycles. The number of amides is 1. The predicted octanol–water partition coefficient (Wildman–Crippen LogP) is 0.242. The second kappa shape index (κ2) is 5.95. The molecule has 0 fully saturated rings. The van der Waals surface area contributed by atoms with Crippen molar-refractivity contribution in [2.75, 3.05) is 6.54 Å². The first-order valence-electron chi connectivity index (χ1n) is 5.86. The molecule has 2 heterocycles. The van der Waals surface area contributed by atoms with Crippen molar-refractivity contribution >= 4 is 5.91 Å². The Morgan fingerprint density at radius 3 is 2.94 bits per heavy atom. The molecule has 1 N–H and O–H groups in total. The van der Waals surface area contributed by atoms with E-state index in [1.54, 1.807) is 40.4 Å². The van der Waals surface area contributed by atoms with Gasteiger partial charge in [-0.3, -0.25) is 9.48 Å². The van der Waals surface area contributed by atoms with E-state index in [2.05, 4.69) is 20.6 Å². The Hall–Kier alpha value is -2.18. The van der Waals surface area contributed by atoms with E-state index < -0.39 is 0 Å². The van der Waals surface area contributed by atoms with Crippen LogP contribution >= 0.6 is 0 Å². The van der Waals surface area contributed by atoms with E-state index in [0.29, 0.717) is 6.54 Å². The molecule has 1 atom stereocenters. The molecular formula is C11H16N6O. The molecule has 18 heavy (non-hydrogen) atoms. The number of nitrogens with zero attached hydrogens (tertiary/aromatic N) is 5. The Morgan fingerprint density at radius 1 is 1.39 bits per heavy atom. The summed E-state index contributed by atoms with van der Waals surface area (Å²) >= 11 is 0. The zero-order valence-corrected chi connectivity index (χ0v) is 10.2. The smallest absolute Gasteiger partial charge is 0.242 e. The van der Waals surface area contributed by atoms with Crippen molar-refractivity contribution in [3.63, 3.8) is 0 Å². The fraction of sp³-hybridized carbons (Fsp3) is 0.455. The molecule has 0 aromatic carbocycles. The Morgan fingerprint density at radius 2 is 2.28 bits per heavy atom. The third kappa shape index (κ3) is 3.16. The summed E-state index contributed by atoms with van der Waals surface area (Å²) in [6, 6.07) is -0.237. The molecular weight excluding hydrogens is 232 g/mol. The van der Waals surface area contributed by atoms with E-state index in [4.69, 9.17) is 0 Å². The average molecular weight is 248 g/mol. The van der Waals surface area contributed by atoms with Gasteiger partial charge in [0.15, 0.2) is 0 Å². The highest BCUT2D eigenvalue weighted by Crippen LogP contribution is 2.03. The lowest BCUT2D eigenvalue weighted by molar-refractivity contribution is -0.123. The summed E-state index contributed by atoms with van der Waals surface area (Å²) in [6.45, 7) is 3.21. The van der Waals surface area contributed by atoms with Crippen LogP contribution in [0.2, 0.25) is 0 Å². The molecule has 0 aliphatic carbocycles. The lowest BCUT2D eigenvalue weighted by atomic mass is 10.3.